The molecule has 0 aliphatic rings. The number of aryl methyl sites for hydroxylation is 1. The smallest absolute Gasteiger partial charge is 0.251 e. The number of aromatic nitrogens is 1. The van der Waals surface area contributed by atoms with Crippen LogP contribution in [0.1, 0.15) is 25.0 Å². The fourth-order valence-electron chi connectivity index (χ4n) is 2.34. The predicted octanol–water partition coefficient (Wildman–Crippen LogP) is 2.91. The van der Waals surface area contributed by atoms with E-state index in [-0.39, 0.29) is 11.5 Å². The third kappa shape index (κ3) is 2.64. The van der Waals surface area contributed by atoms with Gasteiger partial charge in [-0.2, -0.15) is 0 Å². The van der Waals surface area contributed by atoms with Gasteiger partial charge in [0.2, 0.25) is 5.91 Å². The zero-order chi connectivity index (χ0) is 14.7. The average Bonchev–Trinajstić information content (AvgIpc) is 2.39. The zero-order valence-electron chi connectivity index (χ0n) is 11.9. The molecule has 4 heteroatoms. The normalized spacial score (nSPS) is 11.2. The quantitative estimate of drug-likeness (QED) is 0.842. The molecule has 1 heterocycles. The first kappa shape index (κ1) is 14.1. The second-order valence-electron chi connectivity index (χ2n) is 4.66. The van der Waals surface area contributed by atoms with Crippen LogP contribution in [0.15, 0.2) is 35.1 Å². The number of fused-ring (bicyclic) bond motifs is 1. The van der Waals surface area contributed by atoms with Gasteiger partial charge in [0.05, 0.1) is 5.52 Å². The number of pyridine rings is 1. The van der Waals surface area contributed by atoms with Crippen LogP contribution in [0.3, 0.4) is 0 Å². The second-order valence-corrected chi connectivity index (χ2v) is 4.66. The number of aromatic amines is 1. The molecule has 2 rings (SSSR count). The lowest BCUT2D eigenvalue weighted by molar-refractivity contribution is -0.111. The Kier molecular flexibility index (Phi) is 4.03. The Bertz CT molecular complexity index is 742. The second kappa shape index (κ2) is 5.74. The molecule has 0 saturated heterocycles. The van der Waals surface area contributed by atoms with Crippen molar-refractivity contribution in [3.05, 3.63) is 51.8 Å². The summed E-state index contributed by atoms with van der Waals surface area (Å²) >= 11 is 0. The Labute approximate surface area is 117 Å². The van der Waals surface area contributed by atoms with E-state index in [0.717, 1.165) is 22.0 Å². The molecule has 0 spiro atoms. The summed E-state index contributed by atoms with van der Waals surface area (Å²) in [6, 6.07) is 5.55. The van der Waals surface area contributed by atoms with E-state index in [1.165, 1.54) is 6.08 Å². The van der Waals surface area contributed by atoms with Crippen LogP contribution < -0.4 is 10.9 Å². The van der Waals surface area contributed by atoms with Gasteiger partial charge in [-0.15, -0.1) is 0 Å². The fraction of sp³-hybridized carbons (Fsp3) is 0.250. The number of carbonyl (C=O) groups is 1. The number of nitrogens with one attached hydrogen (secondary N) is 2. The molecular weight excluding hydrogens is 252 g/mol. The van der Waals surface area contributed by atoms with Gasteiger partial charge in [0, 0.05) is 16.6 Å². The standard InChI is InChI=1S/C16H18N2O2/c1-4-6-15(19)17-11-7-8-13-10(3)12(5-2)16(20)18-14(13)9-11/h4,6-9H,5H2,1-3H3,(H,17,19)(H,18,20)/b6-4-. The molecule has 0 atom stereocenters. The topological polar surface area (TPSA) is 62.0 Å². The number of benzene rings is 1. The summed E-state index contributed by atoms with van der Waals surface area (Å²) in [6.45, 7) is 5.71. The van der Waals surface area contributed by atoms with E-state index in [2.05, 4.69) is 10.3 Å². The molecular formula is C16H18N2O2. The summed E-state index contributed by atoms with van der Waals surface area (Å²) in [5, 5.41) is 3.76. The maximum atomic E-state index is 12.0. The van der Waals surface area contributed by atoms with E-state index in [0.29, 0.717) is 12.1 Å². The van der Waals surface area contributed by atoms with Gasteiger partial charge in [-0.05, 0) is 44.0 Å². The molecule has 1 aromatic carbocycles. The summed E-state index contributed by atoms with van der Waals surface area (Å²) in [5.74, 6) is -0.184. The molecule has 20 heavy (non-hydrogen) atoms. The number of hydrogen-bond acceptors (Lipinski definition) is 2. The van der Waals surface area contributed by atoms with E-state index in [1.807, 2.05) is 26.0 Å². The third-order valence-corrected chi connectivity index (χ3v) is 3.34. The summed E-state index contributed by atoms with van der Waals surface area (Å²) < 4.78 is 0. The van der Waals surface area contributed by atoms with Gasteiger partial charge < -0.3 is 10.3 Å². The van der Waals surface area contributed by atoms with Crippen molar-refractivity contribution in [2.45, 2.75) is 27.2 Å². The molecule has 0 fully saturated rings. The van der Waals surface area contributed by atoms with E-state index in [4.69, 9.17) is 0 Å². The lowest BCUT2D eigenvalue weighted by atomic mass is 10.0. The number of carbonyl (C=O) groups excluding carboxylic acids is 1. The highest BCUT2D eigenvalue weighted by Crippen LogP contribution is 2.21. The first-order chi connectivity index (χ1) is 9.56. The Morgan fingerprint density at radius 2 is 2.15 bits per heavy atom. The first-order valence-corrected chi connectivity index (χ1v) is 6.66. The molecule has 4 nitrogen and oxygen atoms in total. The highest BCUT2D eigenvalue weighted by atomic mass is 16.1. The summed E-state index contributed by atoms with van der Waals surface area (Å²) in [5.41, 5.74) is 3.15. The van der Waals surface area contributed by atoms with Crippen LogP contribution >= 0.6 is 0 Å². The highest BCUT2D eigenvalue weighted by molar-refractivity contribution is 6.00. The molecule has 0 aliphatic carbocycles. The van der Waals surface area contributed by atoms with Gasteiger partial charge in [0.25, 0.3) is 5.56 Å². The van der Waals surface area contributed by atoms with Gasteiger partial charge in [0.15, 0.2) is 0 Å². The summed E-state index contributed by atoms with van der Waals surface area (Å²) in [7, 11) is 0. The average molecular weight is 270 g/mol. The van der Waals surface area contributed by atoms with Crippen molar-refractivity contribution in [3.63, 3.8) is 0 Å². The first-order valence-electron chi connectivity index (χ1n) is 6.66. The lowest BCUT2D eigenvalue weighted by Crippen LogP contribution is -2.14. The molecule has 0 saturated carbocycles. The van der Waals surface area contributed by atoms with Crippen molar-refractivity contribution in [2.24, 2.45) is 0 Å². The number of hydrogen-bond donors (Lipinski definition) is 2. The number of rotatable bonds is 3. The van der Waals surface area contributed by atoms with Crippen molar-refractivity contribution in [1.82, 2.24) is 4.98 Å². The van der Waals surface area contributed by atoms with E-state index in [1.54, 1.807) is 19.1 Å². The van der Waals surface area contributed by atoms with Crippen LogP contribution in [-0.2, 0) is 11.2 Å². The van der Waals surface area contributed by atoms with Crippen molar-refractivity contribution < 1.29 is 4.79 Å². The molecule has 2 N–H and O–H groups in total. The number of amides is 1. The van der Waals surface area contributed by atoms with Crippen molar-refractivity contribution in [3.8, 4) is 0 Å². The van der Waals surface area contributed by atoms with Gasteiger partial charge in [-0.3, -0.25) is 9.59 Å². The Balaban J connectivity index is 2.50. The van der Waals surface area contributed by atoms with Crippen LogP contribution in [0, 0.1) is 6.92 Å². The van der Waals surface area contributed by atoms with Gasteiger partial charge in [-0.25, -0.2) is 0 Å². The number of allylic oxidation sites excluding steroid dienone is 1. The highest BCUT2D eigenvalue weighted by Gasteiger charge is 2.08. The van der Waals surface area contributed by atoms with Crippen LogP contribution in [0.5, 0.6) is 0 Å². The molecule has 1 aromatic heterocycles. The van der Waals surface area contributed by atoms with E-state index >= 15 is 0 Å². The molecule has 0 aliphatic heterocycles. The minimum absolute atomic E-state index is 0.0607. The van der Waals surface area contributed by atoms with Crippen LogP contribution in [0.25, 0.3) is 10.9 Å². The monoisotopic (exact) mass is 270 g/mol. The van der Waals surface area contributed by atoms with Crippen LogP contribution in [0.2, 0.25) is 0 Å². The Hall–Kier alpha value is -2.36. The Morgan fingerprint density at radius 3 is 2.80 bits per heavy atom. The SMILES string of the molecule is C/C=C\C(=O)Nc1ccc2c(C)c(CC)c(=O)[nH]c2c1. The van der Waals surface area contributed by atoms with Crippen LogP contribution in [-0.4, -0.2) is 10.9 Å². The molecule has 0 unspecified atom stereocenters. The Morgan fingerprint density at radius 1 is 1.40 bits per heavy atom. The largest absolute Gasteiger partial charge is 0.322 e. The van der Waals surface area contributed by atoms with E-state index in [9.17, 15) is 9.59 Å². The van der Waals surface area contributed by atoms with Crippen molar-refractivity contribution in [1.29, 1.82) is 0 Å². The minimum Gasteiger partial charge on any atom is -0.322 e. The third-order valence-electron chi connectivity index (χ3n) is 3.34. The molecule has 0 radical (unpaired) electrons. The van der Waals surface area contributed by atoms with Crippen molar-refractivity contribution >= 4 is 22.5 Å². The molecule has 104 valence electrons. The van der Waals surface area contributed by atoms with Crippen molar-refractivity contribution in [2.75, 3.05) is 5.32 Å². The summed E-state index contributed by atoms with van der Waals surface area (Å²) in [4.78, 5) is 26.4. The molecule has 0 bridgehead atoms. The molecule has 2 aromatic rings. The van der Waals surface area contributed by atoms with Crippen LogP contribution in [0.4, 0.5) is 5.69 Å². The van der Waals surface area contributed by atoms with Gasteiger partial charge in [-0.1, -0.05) is 19.1 Å². The predicted molar refractivity (Wildman–Crippen MR) is 82.1 cm³/mol. The number of anilines is 1. The molecule has 1 amide bonds. The number of H-pyrrole nitrogens is 1. The maximum Gasteiger partial charge on any atom is 0.251 e. The fourth-order valence-corrected chi connectivity index (χ4v) is 2.34. The van der Waals surface area contributed by atoms with E-state index < -0.39 is 0 Å². The zero-order valence-corrected chi connectivity index (χ0v) is 11.9. The lowest BCUT2D eigenvalue weighted by Gasteiger charge is -2.09. The minimum atomic E-state index is -0.184. The maximum absolute atomic E-state index is 12.0. The summed E-state index contributed by atoms with van der Waals surface area (Å²) in [6.07, 6.45) is 3.84. The van der Waals surface area contributed by atoms with Gasteiger partial charge >= 0.3 is 0 Å². The van der Waals surface area contributed by atoms with Gasteiger partial charge in [0.1, 0.15) is 0 Å².